The first-order chi connectivity index (χ1) is 11.0. The molecule has 1 aromatic rings. The molecule has 1 N–H and O–H groups in total. The standard InChI is InChI=1S/C18H26N2O3S/c1-12(2)10-15-16(18(15,3)4)17(21)19-13-8-7-9-14(11-13)24(22,23)20(5)6/h7-11,15-16H,1-6H3,(H,19,21)/t15-,16+/m0/s1. The summed E-state index contributed by atoms with van der Waals surface area (Å²) in [5.74, 6) is 0.0552. The first kappa shape index (κ1) is 18.7. The fourth-order valence-corrected chi connectivity index (χ4v) is 3.96. The third-order valence-corrected chi connectivity index (χ3v) is 6.40. The van der Waals surface area contributed by atoms with Crippen molar-refractivity contribution >= 4 is 21.6 Å². The van der Waals surface area contributed by atoms with Crippen molar-refractivity contribution in [3.05, 3.63) is 35.9 Å². The van der Waals surface area contributed by atoms with Crippen LogP contribution < -0.4 is 5.32 Å². The van der Waals surface area contributed by atoms with Crippen molar-refractivity contribution in [2.75, 3.05) is 19.4 Å². The van der Waals surface area contributed by atoms with E-state index in [4.69, 9.17) is 0 Å². The summed E-state index contributed by atoms with van der Waals surface area (Å²) in [7, 11) is -0.550. The van der Waals surface area contributed by atoms with E-state index in [1.54, 1.807) is 12.1 Å². The minimum Gasteiger partial charge on any atom is -0.326 e. The molecule has 1 aliphatic rings. The van der Waals surface area contributed by atoms with E-state index < -0.39 is 10.0 Å². The zero-order valence-corrected chi connectivity index (χ0v) is 15.9. The van der Waals surface area contributed by atoms with Crippen LogP contribution in [-0.4, -0.2) is 32.7 Å². The molecule has 0 aromatic heterocycles. The Morgan fingerprint density at radius 2 is 1.88 bits per heavy atom. The second-order valence-electron chi connectivity index (χ2n) is 7.37. The monoisotopic (exact) mass is 350 g/mol. The smallest absolute Gasteiger partial charge is 0.242 e. The Bertz CT molecular complexity index is 775. The molecule has 0 unspecified atom stereocenters. The number of benzene rings is 1. The van der Waals surface area contributed by atoms with Crippen molar-refractivity contribution in [1.82, 2.24) is 4.31 Å². The maximum Gasteiger partial charge on any atom is 0.242 e. The highest BCUT2D eigenvalue weighted by Gasteiger charge is 2.60. The van der Waals surface area contributed by atoms with Crippen LogP contribution in [0.5, 0.6) is 0 Å². The summed E-state index contributed by atoms with van der Waals surface area (Å²) in [5, 5.41) is 2.86. The summed E-state index contributed by atoms with van der Waals surface area (Å²) >= 11 is 0. The Kier molecular flexibility index (Phi) is 4.93. The lowest BCUT2D eigenvalue weighted by atomic mass is 10.1. The van der Waals surface area contributed by atoms with Gasteiger partial charge in [-0.2, -0.15) is 0 Å². The van der Waals surface area contributed by atoms with Crippen LogP contribution >= 0.6 is 0 Å². The lowest BCUT2D eigenvalue weighted by Gasteiger charge is -2.13. The minimum atomic E-state index is -3.52. The van der Waals surface area contributed by atoms with Gasteiger partial charge in [-0.05, 0) is 43.4 Å². The Balaban J connectivity index is 2.18. The van der Waals surface area contributed by atoms with E-state index >= 15 is 0 Å². The Labute approximate surface area is 144 Å². The largest absolute Gasteiger partial charge is 0.326 e. The molecule has 1 amide bonds. The summed E-state index contributed by atoms with van der Waals surface area (Å²) in [6.45, 7) is 8.21. The molecular formula is C18H26N2O3S. The van der Waals surface area contributed by atoms with Crippen LogP contribution in [0.2, 0.25) is 0 Å². The van der Waals surface area contributed by atoms with E-state index in [2.05, 4.69) is 25.2 Å². The van der Waals surface area contributed by atoms with E-state index in [-0.39, 0.29) is 28.1 Å². The van der Waals surface area contributed by atoms with E-state index in [1.807, 2.05) is 13.8 Å². The normalized spacial score (nSPS) is 22.1. The number of hydrogen-bond acceptors (Lipinski definition) is 3. The first-order valence-corrected chi connectivity index (χ1v) is 9.40. The number of rotatable bonds is 5. The minimum absolute atomic E-state index is 0.0677. The molecule has 1 aliphatic carbocycles. The molecule has 1 saturated carbocycles. The number of sulfonamides is 1. The Morgan fingerprint density at radius 3 is 2.42 bits per heavy atom. The van der Waals surface area contributed by atoms with Gasteiger partial charge in [-0.1, -0.05) is 31.6 Å². The van der Waals surface area contributed by atoms with Crippen LogP contribution in [0.15, 0.2) is 40.8 Å². The summed E-state index contributed by atoms with van der Waals surface area (Å²) < 4.78 is 25.6. The number of hydrogen-bond donors (Lipinski definition) is 1. The molecule has 5 nitrogen and oxygen atoms in total. The van der Waals surface area contributed by atoms with Crippen molar-refractivity contribution in [2.45, 2.75) is 32.6 Å². The second-order valence-corrected chi connectivity index (χ2v) is 9.53. The van der Waals surface area contributed by atoms with Gasteiger partial charge in [0.1, 0.15) is 0 Å². The molecule has 0 radical (unpaired) electrons. The summed E-state index contributed by atoms with van der Waals surface area (Å²) in [6.07, 6.45) is 2.14. The van der Waals surface area contributed by atoms with Crippen molar-refractivity contribution in [1.29, 1.82) is 0 Å². The highest BCUT2D eigenvalue weighted by atomic mass is 32.2. The summed E-state index contributed by atoms with van der Waals surface area (Å²) in [5.41, 5.74) is 1.62. The maximum absolute atomic E-state index is 12.6. The highest BCUT2D eigenvalue weighted by molar-refractivity contribution is 7.89. The number of nitrogens with one attached hydrogen (secondary N) is 1. The van der Waals surface area contributed by atoms with E-state index in [9.17, 15) is 13.2 Å². The van der Waals surface area contributed by atoms with Gasteiger partial charge in [-0.3, -0.25) is 4.79 Å². The molecule has 0 spiro atoms. The predicted molar refractivity (Wildman–Crippen MR) is 96.1 cm³/mol. The number of anilines is 1. The van der Waals surface area contributed by atoms with Gasteiger partial charge < -0.3 is 5.32 Å². The van der Waals surface area contributed by atoms with Gasteiger partial charge in [-0.25, -0.2) is 12.7 Å². The average Bonchev–Trinajstić information content (AvgIpc) is 2.99. The van der Waals surface area contributed by atoms with Crippen LogP contribution in [0.3, 0.4) is 0 Å². The van der Waals surface area contributed by atoms with Gasteiger partial charge in [0.05, 0.1) is 10.8 Å². The quantitative estimate of drug-likeness (QED) is 0.830. The lowest BCUT2D eigenvalue weighted by molar-refractivity contribution is -0.118. The summed E-state index contributed by atoms with van der Waals surface area (Å²) in [4.78, 5) is 12.7. The maximum atomic E-state index is 12.6. The molecule has 0 heterocycles. The highest BCUT2D eigenvalue weighted by Crippen LogP contribution is 2.59. The lowest BCUT2D eigenvalue weighted by Crippen LogP contribution is -2.22. The molecule has 2 rings (SSSR count). The number of nitrogens with zero attached hydrogens (tertiary/aromatic N) is 1. The zero-order valence-electron chi connectivity index (χ0n) is 15.1. The molecule has 0 aliphatic heterocycles. The van der Waals surface area contributed by atoms with Crippen LogP contribution in [-0.2, 0) is 14.8 Å². The molecule has 2 atom stereocenters. The SMILES string of the molecule is CC(C)=C[C@H]1[C@H](C(=O)Nc2cccc(S(=O)(=O)N(C)C)c2)C1(C)C. The van der Waals surface area contributed by atoms with Gasteiger partial charge >= 0.3 is 0 Å². The fraction of sp³-hybridized carbons (Fsp3) is 0.500. The number of carbonyl (C=O) groups excluding carboxylic acids is 1. The molecule has 1 aromatic carbocycles. The van der Waals surface area contributed by atoms with Crippen LogP contribution in [0.25, 0.3) is 0 Å². The molecule has 6 heteroatoms. The summed E-state index contributed by atoms with van der Waals surface area (Å²) in [6, 6.07) is 6.37. The molecular weight excluding hydrogens is 324 g/mol. The number of amides is 1. The van der Waals surface area contributed by atoms with Gasteiger partial charge in [0, 0.05) is 19.8 Å². The number of carbonyl (C=O) groups is 1. The van der Waals surface area contributed by atoms with Gasteiger partial charge in [0.15, 0.2) is 0 Å². The van der Waals surface area contributed by atoms with E-state index in [0.29, 0.717) is 5.69 Å². The molecule has 0 bridgehead atoms. The van der Waals surface area contributed by atoms with E-state index in [0.717, 1.165) is 4.31 Å². The van der Waals surface area contributed by atoms with Crippen LogP contribution in [0, 0.1) is 17.3 Å². The molecule has 1 fully saturated rings. The third kappa shape index (κ3) is 3.54. The van der Waals surface area contributed by atoms with Crippen molar-refractivity contribution in [2.24, 2.45) is 17.3 Å². The first-order valence-electron chi connectivity index (χ1n) is 7.96. The topological polar surface area (TPSA) is 66.5 Å². The van der Waals surface area contributed by atoms with Crippen molar-refractivity contribution in [3.63, 3.8) is 0 Å². The Hall–Kier alpha value is -1.66. The van der Waals surface area contributed by atoms with Crippen molar-refractivity contribution < 1.29 is 13.2 Å². The third-order valence-electron chi connectivity index (χ3n) is 4.59. The molecule has 132 valence electrons. The number of allylic oxidation sites excluding steroid dienone is 2. The molecule has 24 heavy (non-hydrogen) atoms. The van der Waals surface area contributed by atoms with E-state index in [1.165, 1.54) is 31.8 Å². The van der Waals surface area contributed by atoms with Gasteiger partial charge in [0.2, 0.25) is 15.9 Å². The Morgan fingerprint density at radius 1 is 1.25 bits per heavy atom. The van der Waals surface area contributed by atoms with Crippen LogP contribution in [0.1, 0.15) is 27.7 Å². The van der Waals surface area contributed by atoms with Crippen LogP contribution in [0.4, 0.5) is 5.69 Å². The average molecular weight is 350 g/mol. The fourth-order valence-electron chi connectivity index (χ4n) is 3.01. The van der Waals surface area contributed by atoms with Gasteiger partial charge in [0.25, 0.3) is 0 Å². The molecule has 0 saturated heterocycles. The van der Waals surface area contributed by atoms with Gasteiger partial charge in [-0.15, -0.1) is 0 Å². The predicted octanol–water partition coefficient (Wildman–Crippen LogP) is 3.11. The zero-order chi connectivity index (χ0) is 18.3. The second kappa shape index (κ2) is 6.33. The van der Waals surface area contributed by atoms with Crippen molar-refractivity contribution in [3.8, 4) is 0 Å².